The van der Waals surface area contributed by atoms with E-state index >= 15 is 0 Å². The van der Waals surface area contributed by atoms with Crippen molar-refractivity contribution in [2.24, 2.45) is 0 Å². The highest BCUT2D eigenvalue weighted by atomic mass is 32.2. The Labute approximate surface area is 265 Å². The quantitative estimate of drug-likeness (QED) is 0.134. The molecule has 0 saturated heterocycles. The first-order chi connectivity index (χ1) is 21.9. The lowest BCUT2D eigenvalue weighted by Gasteiger charge is -2.15. The van der Waals surface area contributed by atoms with Gasteiger partial charge in [0.05, 0.1) is 16.3 Å². The second-order valence-corrected chi connectivity index (χ2v) is 12.1. The molecule has 0 spiro atoms. The molecule has 0 saturated carbocycles. The van der Waals surface area contributed by atoms with Crippen LogP contribution in [0.15, 0.2) is 138 Å². The van der Waals surface area contributed by atoms with E-state index in [9.17, 15) is 14.4 Å². The average Bonchev–Trinajstić information content (AvgIpc) is 3.40. The van der Waals surface area contributed by atoms with Crippen LogP contribution in [0.25, 0.3) is 27.9 Å². The molecule has 7 heteroatoms. The lowest BCUT2D eigenvalue weighted by Crippen LogP contribution is -2.30. The van der Waals surface area contributed by atoms with E-state index in [-0.39, 0.29) is 17.5 Å². The van der Waals surface area contributed by atoms with Crippen molar-refractivity contribution in [2.45, 2.75) is 24.0 Å². The molecule has 6 aromatic rings. The Kier molecular flexibility index (Phi) is 8.62. The standard InChI is InChI=1S/C38H31N3O3S/c1-25-13-6-7-16-28(25)23-33(40-36(42)27-14-4-3-5-15-27)37(43)39-29-17-12-18-30(24-29)45-26(2)38(44)41-34-21-10-8-19-31(34)32-20-9-11-22-35(32)41/h3-24,26H,1-2H3,(H,39,43)(H,40,42)/b33-23-. The number of fused-ring (bicyclic) bond motifs is 3. The van der Waals surface area contributed by atoms with Gasteiger partial charge in [0.2, 0.25) is 5.91 Å². The fraction of sp³-hybridized carbons (Fsp3) is 0.0789. The SMILES string of the molecule is Cc1ccccc1/C=C(\NC(=O)c1ccccc1)C(=O)Nc1cccc(SC(C)C(=O)n2c3ccccc3c3ccccc32)c1. The van der Waals surface area contributed by atoms with Gasteiger partial charge in [-0.3, -0.25) is 19.0 Å². The van der Waals surface area contributed by atoms with Crippen molar-refractivity contribution < 1.29 is 14.4 Å². The minimum absolute atomic E-state index is 0.0288. The summed E-state index contributed by atoms with van der Waals surface area (Å²) in [6.07, 6.45) is 1.68. The van der Waals surface area contributed by atoms with E-state index in [4.69, 9.17) is 0 Å². The van der Waals surface area contributed by atoms with Gasteiger partial charge in [-0.2, -0.15) is 0 Å². The molecule has 1 unspecified atom stereocenters. The van der Waals surface area contributed by atoms with Crippen molar-refractivity contribution in [3.05, 3.63) is 150 Å². The number of benzene rings is 5. The fourth-order valence-electron chi connectivity index (χ4n) is 5.29. The highest BCUT2D eigenvalue weighted by Gasteiger charge is 2.22. The lowest BCUT2D eigenvalue weighted by molar-refractivity contribution is -0.113. The Morgan fingerprint density at radius 2 is 1.36 bits per heavy atom. The minimum Gasteiger partial charge on any atom is -0.321 e. The van der Waals surface area contributed by atoms with Crippen LogP contribution in [0, 0.1) is 6.92 Å². The lowest BCUT2D eigenvalue weighted by atomic mass is 10.1. The van der Waals surface area contributed by atoms with Crippen LogP contribution in [-0.2, 0) is 4.79 Å². The van der Waals surface area contributed by atoms with Gasteiger partial charge in [0.15, 0.2) is 0 Å². The van der Waals surface area contributed by atoms with Gasteiger partial charge in [0.25, 0.3) is 11.8 Å². The first kappa shape index (κ1) is 29.7. The van der Waals surface area contributed by atoms with Gasteiger partial charge in [0, 0.05) is 26.9 Å². The maximum absolute atomic E-state index is 13.8. The average molecular weight is 610 g/mol. The zero-order chi connectivity index (χ0) is 31.3. The molecule has 0 radical (unpaired) electrons. The predicted octanol–water partition coefficient (Wildman–Crippen LogP) is 8.33. The Morgan fingerprint density at radius 3 is 2.04 bits per heavy atom. The highest BCUT2D eigenvalue weighted by Crippen LogP contribution is 2.32. The molecule has 222 valence electrons. The predicted molar refractivity (Wildman–Crippen MR) is 184 cm³/mol. The summed E-state index contributed by atoms with van der Waals surface area (Å²) in [5.74, 6) is -0.870. The molecule has 0 aliphatic carbocycles. The van der Waals surface area contributed by atoms with Gasteiger partial charge < -0.3 is 10.6 Å². The van der Waals surface area contributed by atoms with Crippen LogP contribution < -0.4 is 10.6 Å². The number of nitrogens with zero attached hydrogens (tertiary/aromatic N) is 1. The van der Waals surface area contributed by atoms with Gasteiger partial charge in [0.1, 0.15) is 5.70 Å². The second-order valence-electron chi connectivity index (χ2n) is 10.7. The highest BCUT2D eigenvalue weighted by molar-refractivity contribution is 8.00. The monoisotopic (exact) mass is 609 g/mol. The summed E-state index contributed by atoms with van der Waals surface area (Å²) in [4.78, 5) is 41.3. The largest absolute Gasteiger partial charge is 0.321 e. The van der Waals surface area contributed by atoms with Crippen molar-refractivity contribution in [1.82, 2.24) is 9.88 Å². The number of carbonyl (C=O) groups is 3. The summed E-state index contributed by atoms with van der Waals surface area (Å²) in [5.41, 5.74) is 4.65. The third kappa shape index (κ3) is 6.44. The van der Waals surface area contributed by atoms with Crippen LogP contribution in [0.2, 0.25) is 0 Å². The number of aromatic nitrogens is 1. The van der Waals surface area contributed by atoms with Crippen molar-refractivity contribution >= 4 is 63.1 Å². The van der Waals surface area contributed by atoms with Crippen molar-refractivity contribution in [3.63, 3.8) is 0 Å². The Hall–Kier alpha value is -5.40. The van der Waals surface area contributed by atoms with E-state index in [1.807, 2.05) is 111 Å². The summed E-state index contributed by atoms with van der Waals surface area (Å²) in [6.45, 7) is 3.84. The molecule has 2 amide bonds. The molecular weight excluding hydrogens is 579 g/mol. The Balaban J connectivity index is 1.23. The number of hydrogen-bond donors (Lipinski definition) is 2. The third-order valence-electron chi connectivity index (χ3n) is 7.57. The molecular formula is C38H31N3O3S. The van der Waals surface area contributed by atoms with Crippen molar-refractivity contribution in [3.8, 4) is 0 Å². The number of rotatable bonds is 8. The van der Waals surface area contributed by atoms with Crippen LogP contribution in [0.3, 0.4) is 0 Å². The number of carbonyl (C=O) groups excluding carboxylic acids is 3. The second kappa shape index (κ2) is 13.1. The topological polar surface area (TPSA) is 80.2 Å². The molecule has 45 heavy (non-hydrogen) atoms. The summed E-state index contributed by atoms with van der Waals surface area (Å²) in [5, 5.41) is 7.40. The van der Waals surface area contributed by atoms with Gasteiger partial charge in [-0.05, 0) is 73.5 Å². The maximum Gasteiger partial charge on any atom is 0.272 e. The van der Waals surface area contributed by atoms with E-state index in [1.165, 1.54) is 11.8 Å². The van der Waals surface area contributed by atoms with Crippen molar-refractivity contribution in [2.75, 3.05) is 5.32 Å². The zero-order valence-corrected chi connectivity index (χ0v) is 25.7. The van der Waals surface area contributed by atoms with Crippen LogP contribution in [0.4, 0.5) is 5.69 Å². The van der Waals surface area contributed by atoms with Crippen LogP contribution in [0.5, 0.6) is 0 Å². The molecule has 0 fully saturated rings. The van der Waals surface area contributed by atoms with E-state index in [0.717, 1.165) is 37.8 Å². The van der Waals surface area contributed by atoms with E-state index < -0.39 is 11.2 Å². The minimum atomic E-state index is -0.459. The van der Waals surface area contributed by atoms with Crippen LogP contribution >= 0.6 is 11.8 Å². The van der Waals surface area contributed by atoms with Gasteiger partial charge in [-0.15, -0.1) is 11.8 Å². The molecule has 5 aromatic carbocycles. The van der Waals surface area contributed by atoms with E-state index in [1.54, 1.807) is 41.0 Å². The van der Waals surface area contributed by atoms with Crippen LogP contribution in [-0.4, -0.2) is 27.5 Å². The molecule has 0 aliphatic heterocycles. The number of nitrogens with one attached hydrogen (secondary N) is 2. The normalized spacial score (nSPS) is 12.2. The first-order valence-corrected chi connectivity index (χ1v) is 15.5. The van der Waals surface area contributed by atoms with Gasteiger partial charge in [-0.25, -0.2) is 0 Å². The molecule has 0 bridgehead atoms. The van der Waals surface area contributed by atoms with E-state index in [2.05, 4.69) is 10.6 Å². The molecule has 1 aromatic heterocycles. The summed E-state index contributed by atoms with van der Waals surface area (Å²) < 4.78 is 1.80. The maximum atomic E-state index is 13.8. The third-order valence-corrected chi connectivity index (χ3v) is 8.65. The van der Waals surface area contributed by atoms with Gasteiger partial charge in [-0.1, -0.05) is 84.9 Å². The van der Waals surface area contributed by atoms with Crippen LogP contribution in [0.1, 0.15) is 33.2 Å². The molecule has 0 aliphatic rings. The van der Waals surface area contributed by atoms with E-state index in [0.29, 0.717) is 11.3 Å². The zero-order valence-electron chi connectivity index (χ0n) is 24.9. The van der Waals surface area contributed by atoms with Crippen molar-refractivity contribution in [1.29, 1.82) is 0 Å². The number of amides is 2. The number of para-hydroxylation sites is 2. The molecule has 6 nitrogen and oxygen atoms in total. The summed E-state index contributed by atoms with van der Waals surface area (Å²) >= 11 is 1.42. The molecule has 1 heterocycles. The molecule has 2 N–H and O–H groups in total. The number of hydrogen-bond acceptors (Lipinski definition) is 4. The number of aryl methyl sites for hydroxylation is 1. The smallest absolute Gasteiger partial charge is 0.272 e. The Morgan fingerprint density at radius 1 is 0.733 bits per heavy atom. The number of thioether (sulfide) groups is 1. The van der Waals surface area contributed by atoms with Gasteiger partial charge >= 0.3 is 0 Å². The summed E-state index contributed by atoms with van der Waals surface area (Å²) in [7, 11) is 0. The number of anilines is 1. The fourth-order valence-corrected chi connectivity index (χ4v) is 6.26. The molecule has 1 atom stereocenters. The Bertz CT molecular complexity index is 2030. The summed E-state index contributed by atoms with van der Waals surface area (Å²) in [6, 6.07) is 39.7. The first-order valence-electron chi connectivity index (χ1n) is 14.6. The molecule has 6 rings (SSSR count).